The largest absolute Gasteiger partial charge is 0.478 e. The average molecular weight is 304 g/mol. The Hall–Kier alpha value is -0.550. The fraction of sp³-hybridized carbons (Fsp3) is 0.455. The Labute approximate surface area is 108 Å². The normalized spacial score (nSPS) is 10.4. The Morgan fingerprint density at radius 2 is 2.31 bits per heavy atom. The zero-order valence-electron chi connectivity index (χ0n) is 9.07. The van der Waals surface area contributed by atoms with Crippen LogP contribution in [-0.2, 0) is 0 Å². The van der Waals surface area contributed by atoms with Crippen LogP contribution in [0, 0.1) is 0 Å². The number of pyridine rings is 1. The molecule has 5 heteroatoms. The van der Waals surface area contributed by atoms with Crippen LogP contribution in [0.4, 0.5) is 0 Å². The molecule has 0 saturated carbocycles. The number of aromatic carboxylic acids is 1. The Bertz CT molecular complexity index is 371. The molecule has 0 aliphatic carbocycles. The molecule has 1 N–H and O–H groups in total. The third-order valence-electron chi connectivity index (χ3n) is 2.03. The highest BCUT2D eigenvalue weighted by molar-refractivity contribution is 9.10. The summed E-state index contributed by atoms with van der Waals surface area (Å²) in [5.41, 5.74) is 0.274. The second kappa shape index (κ2) is 6.91. The molecule has 0 bridgehead atoms. The summed E-state index contributed by atoms with van der Waals surface area (Å²) in [6.07, 6.45) is 5.07. The third-order valence-corrected chi connectivity index (χ3v) is 3.56. The van der Waals surface area contributed by atoms with E-state index >= 15 is 0 Å². The maximum absolute atomic E-state index is 11.0. The first-order valence-electron chi connectivity index (χ1n) is 5.16. The van der Waals surface area contributed by atoms with Crippen molar-refractivity contribution >= 4 is 33.7 Å². The molecule has 0 aliphatic heterocycles. The summed E-state index contributed by atoms with van der Waals surface area (Å²) in [6, 6.07) is 1.59. The van der Waals surface area contributed by atoms with Crippen molar-refractivity contribution in [1.29, 1.82) is 0 Å². The zero-order chi connectivity index (χ0) is 12.0. The maximum Gasteiger partial charge on any atom is 0.338 e. The molecule has 1 aromatic rings. The summed E-state index contributed by atoms with van der Waals surface area (Å²) < 4.78 is 0.697. The van der Waals surface area contributed by atoms with Crippen molar-refractivity contribution in [2.24, 2.45) is 0 Å². The first-order valence-corrected chi connectivity index (χ1v) is 6.94. The molecule has 0 fully saturated rings. The van der Waals surface area contributed by atoms with Crippen molar-refractivity contribution in [3.8, 4) is 0 Å². The summed E-state index contributed by atoms with van der Waals surface area (Å²) in [6.45, 7) is 2.14. The highest BCUT2D eigenvalue weighted by atomic mass is 79.9. The number of carboxylic acid groups (broad SMARTS) is 1. The van der Waals surface area contributed by atoms with Crippen molar-refractivity contribution < 1.29 is 9.90 Å². The number of hydrogen-bond donors (Lipinski definition) is 1. The van der Waals surface area contributed by atoms with Crippen molar-refractivity contribution in [2.75, 3.05) is 5.75 Å². The van der Waals surface area contributed by atoms with Gasteiger partial charge in [-0.05, 0) is 34.2 Å². The summed E-state index contributed by atoms with van der Waals surface area (Å²) >= 11 is 4.73. The van der Waals surface area contributed by atoms with E-state index in [0.29, 0.717) is 9.50 Å². The lowest BCUT2D eigenvalue weighted by Gasteiger charge is -2.04. The van der Waals surface area contributed by atoms with Crippen molar-refractivity contribution in [2.45, 2.75) is 31.2 Å². The molecule has 0 spiro atoms. The number of thioether (sulfide) groups is 1. The predicted molar refractivity (Wildman–Crippen MR) is 69.1 cm³/mol. The van der Waals surface area contributed by atoms with Gasteiger partial charge in [-0.1, -0.05) is 19.8 Å². The van der Waals surface area contributed by atoms with Crippen LogP contribution in [0.2, 0.25) is 0 Å². The van der Waals surface area contributed by atoms with Crippen LogP contribution in [0.1, 0.15) is 36.5 Å². The average Bonchev–Trinajstić information content (AvgIpc) is 2.26. The maximum atomic E-state index is 11.0. The Morgan fingerprint density at radius 1 is 1.56 bits per heavy atom. The van der Waals surface area contributed by atoms with Crippen molar-refractivity contribution in [1.82, 2.24) is 4.98 Å². The standard InChI is InChI=1S/C11H14BrNO2S/c1-2-3-4-5-16-10-9(11(14)15)6-8(12)7-13-10/h6-7H,2-5H2,1H3,(H,14,15). The predicted octanol–water partition coefficient (Wildman–Crippen LogP) is 3.82. The molecule has 1 aromatic heterocycles. The smallest absolute Gasteiger partial charge is 0.338 e. The molecular weight excluding hydrogens is 290 g/mol. The van der Waals surface area contributed by atoms with Crippen molar-refractivity contribution in [3.05, 3.63) is 22.3 Å². The van der Waals surface area contributed by atoms with E-state index in [2.05, 4.69) is 27.8 Å². The number of unbranched alkanes of at least 4 members (excludes halogenated alkanes) is 2. The summed E-state index contributed by atoms with van der Waals surface area (Å²) in [5, 5.41) is 9.62. The third kappa shape index (κ3) is 4.14. The van der Waals surface area contributed by atoms with Crippen LogP contribution in [0.25, 0.3) is 0 Å². The van der Waals surface area contributed by atoms with Gasteiger partial charge >= 0.3 is 5.97 Å². The second-order valence-corrected chi connectivity index (χ2v) is 5.37. The quantitative estimate of drug-likeness (QED) is 0.641. The number of hydrogen-bond acceptors (Lipinski definition) is 3. The molecule has 1 heterocycles. The summed E-state index contributed by atoms with van der Waals surface area (Å²) in [5.74, 6) is -0.00487. The first-order chi connectivity index (χ1) is 7.65. The van der Waals surface area contributed by atoms with Crippen LogP contribution in [0.5, 0.6) is 0 Å². The van der Waals surface area contributed by atoms with E-state index in [1.807, 2.05) is 0 Å². The highest BCUT2D eigenvalue weighted by Crippen LogP contribution is 2.24. The molecule has 0 radical (unpaired) electrons. The topological polar surface area (TPSA) is 50.2 Å². The molecule has 0 aliphatic rings. The van der Waals surface area contributed by atoms with Gasteiger partial charge in [0.05, 0.1) is 5.56 Å². The van der Waals surface area contributed by atoms with Crippen LogP contribution >= 0.6 is 27.7 Å². The van der Waals surface area contributed by atoms with Crippen molar-refractivity contribution in [3.63, 3.8) is 0 Å². The Balaban J connectivity index is 2.67. The van der Waals surface area contributed by atoms with E-state index in [4.69, 9.17) is 5.11 Å². The van der Waals surface area contributed by atoms with Gasteiger partial charge in [0.2, 0.25) is 0 Å². The summed E-state index contributed by atoms with van der Waals surface area (Å²) in [4.78, 5) is 15.1. The molecule has 16 heavy (non-hydrogen) atoms. The van der Waals surface area contributed by atoms with E-state index in [1.54, 1.807) is 12.3 Å². The van der Waals surface area contributed by atoms with Crippen LogP contribution in [0.3, 0.4) is 0 Å². The van der Waals surface area contributed by atoms with E-state index in [-0.39, 0.29) is 5.56 Å². The molecule has 0 amide bonds. The van der Waals surface area contributed by atoms with Gasteiger partial charge in [-0.25, -0.2) is 9.78 Å². The summed E-state index contributed by atoms with van der Waals surface area (Å²) in [7, 11) is 0. The molecule has 0 saturated heterocycles. The number of halogens is 1. The van der Waals surface area contributed by atoms with Gasteiger partial charge in [0.25, 0.3) is 0 Å². The van der Waals surface area contributed by atoms with Gasteiger partial charge in [0, 0.05) is 10.7 Å². The molecule has 0 aromatic carbocycles. The molecule has 0 unspecified atom stereocenters. The fourth-order valence-corrected chi connectivity index (χ4v) is 2.52. The Morgan fingerprint density at radius 3 is 2.94 bits per heavy atom. The molecule has 1 rings (SSSR count). The van der Waals surface area contributed by atoms with Gasteiger partial charge < -0.3 is 5.11 Å². The zero-order valence-corrected chi connectivity index (χ0v) is 11.5. The Kier molecular flexibility index (Phi) is 5.84. The van der Waals surface area contributed by atoms with Gasteiger partial charge in [-0.15, -0.1) is 11.8 Å². The van der Waals surface area contributed by atoms with Crippen LogP contribution in [0.15, 0.2) is 21.8 Å². The lowest BCUT2D eigenvalue weighted by Crippen LogP contribution is -2.01. The number of carboxylic acids is 1. The lowest BCUT2D eigenvalue weighted by atomic mass is 10.3. The number of aromatic nitrogens is 1. The second-order valence-electron chi connectivity index (χ2n) is 3.37. The minimum Gasteiger partial charge on any atom is -0.478 e. The number of carbonyl (C=O) groups is 1. The number of rotatable bonds is 6. The number of nitrogens with zero attached hydrogens (tertiary/aromatic N) is 1. The SMILES string of the molecule is CCCCCSc1ncc(Br)cc1C(=O)O. The van der Waals surface area contributed by atoms with Crippen LogP contribution < -0.4 is 0 Å². The van der Waals surface area contributed by atoms with Gasteiger partial charge in [-0.2, -0.15) is 0 Å². The van der Waals surface area contributed by atoms with Gasteiger partial charge in [0.1, 0.15) is 5.03 Å². The van der Waals surface area contributed by atoms with E-state index < -0.39 is 5.97 Å². The van der Waals surface area contributed by atoms with Gasteiger partial charge in [-0.3, -0.25) is 0 Å². The van der Waals surface area contributed by atoms with Gasteiger partial charge in [0.15, 0.2) is 0 Å². The van der Waals surface area contributed by atoms with Crippen LogP contribution in [-0.4, -0.2) is 21.8 Å². The molecule has 0 atom stereocenters. The van der Waals surface area contributed by atoms with E-state index in [1.165, 1.54) is 24.6 Å². The molecule has 3 nitrogen and oxygen atoms in total. The lowest BCUT2D eigenvalue weighted by molar-refractivity contribution is 0.0692. The minimum atomic E-state index is -0.924. The molecular formula is C11H14BrNO2S. The van der Waals surface area contributed by atoms with E-state index in [0.717, 1.165) is 12.2 Å². The highest BCUT2D eigenvalue weighted by Gasteiger charge is 2.12. The first kappa shape index (κ1) is 13.5. The fourth-order valence-electron chi connectivity index (χ4n) is 1.22. The molecule has 88 valence electrons. The minimum absolute atomic E-state index is 0.274. The van der Waals surface area contributed by atoms with E-state index in [9.17, 15) is 4.79 Å². The monoisotopic (exact) mass is 303 g/mol.